The Hall–Kier alpha value is -0.430. The van der Waals surface area contributed by atoms with E-state index in [9.17, 15) is 9.90 Å². The van der Waals surface area contributed by atoms with Crippen molar-refractivity contribution in [1.29, 1.82) is 0 Å². The Kier molecular flexibility index (Phi) is 4.72. The van der Waals surface area contributed by atoms with Gasteiger partial charge in [-0.15, -0.1) is 11.3 Å². The van der Waals surface area contributed by atoms with Crippen molar-refractivity contribution in [2.75, 3.05) is 13.6 Å². The Morgan fingerprint density at radius 2 is 2.40 bits per heavy atom. The highest BCUT2D eigenvalue weighted by molar-refractivity contribution is 9.11. The van der Waals surface area contributed by atoms with Gasteiger partial charge in [0.15, 0.2) is 0 Å². The number of hydrogen-bond donors (Lipinski definition) is 2. The Morgan fingerprint density at radius 1 is 1.73 bits per heavy atom. The summed E-state index contributed by atoms with van der Waals surface area (Å²) >= 11 is 4.91. The van der Waals surface area contributed by atoms with Gasteiger partial charge in [-0.05, 0) is 28.1 Å². The molecule has 6 heteroatoms. The largest absolute Gasteiger partial charge is 0.382 e. The minimum atomic E-state index is -1.10. The standard InChI is InChI=1S/C9H13BrN2O2S/c1-12(9(14)7(13)4-11)5-6-2-3-8(10)15-6/h2-3,7,13H,4-5,11H2,1H3. The average Bonchev–Trinajstić information content (AvgIpc) is 2.61. The summed E-state index contributed by atoms with van der Waals surface area (Å²) in [6.07, 6.45) is -1.10. The zero-order chi connectivity index (χ0) is 11.4. The van der Waals surface area contributed by atoms with Crippen molar-refractivity contribution in [3.8, 4) is 0 Å². The Balaban J connectivity index is 2.55. The molecule has 0 saturated carbocycles. The molecule has 4 nitrogen and oxygen atoms in total. The molecule has 15 heavy (non-hydrogen) atoms. The second kappa shape index (κ2) is 5.60. The van der Waals surface area contributed by atoms with Gasteiger partial charge in [-0.25, -0.2) is 0 Å². The molecule has 1 heterocycles. The number of nitrogens with two attached hydrogens (primary N) is 1. The highest BCUT2D eigenvalue weighted by Gasteiger charge is 2.18. The van der Waals surface area contributed by atoms with Crippen LogP contribution in [0.4, 0.5) is 0 Å². The van der Waals surface area contributed by atoms with Gasteiger partial charge in [0.25, 0.3) is 5.91 Å². The van der Waals surface area contributed by atoms with Crippen molar-refractivity contribution in [2.45, 2.75) is 12.6 Å². The smallest absolute Gasteiger partial charge is 0.252 e. The van der Waals surface area contributed by atoms with Crippen molar-refractivity contribution < 1.29 is 9.90 Å². The monoisotopic (exact) mass is 292 g/mol. The highest BCUT2D eigenvalue weighted by Crippen LogP contribution is 2.23. The fourth-order valence-corrected chi connectivity index (χ4v) is 2.64. The number of likely N-dealkylation sites (N-methyl/N-ethyl adjacent to an activating group) is 1. The molecule has 0 aromatic carbocycles. The van der Waals surface area contributed by atoms with Gasteiger partial charge in [0.05, 0.1) is 10.3 Å². The lowest BCUT2D eigenvalue weighted by molar-refractivity contribution is -0.138. The number of amides is 1. The zero-order valence-corrected chi connectivity index (χ0v) is 10.7. The third kappa shape index (κ3) is 3.57. The molecular weight excluding hydrogens is 280 g/mol. The summed E-state index contributed by atoms with van der Waals surface area (Å²) in [4.78, 5) is 14.0. The van der Waals surface area contributed by atoms with Gasteiger partial charge < -0.3 is 15.7 Å². The van der Waals surface area contributed by atoms with E-state index in [0.29, 0.717) is 6.54 Å². The van der Waals surface area contributed by atoms with Crippen LogP contribution < -0.4 is 5.73 Å². The van der Waals surface area contributed by atoms with Crippen molar-refractivity contribution in [3.63, 3.8) is 0 Å². The van der Waals surface area contributed by atoms with E-state index < -0.39 is 6.10 Å². The van der Waals surface area contributed by atoms with Gasteiger partial charge in [0.1, 0.15) is 6.10 Å². The summed E-state index contributed by atoms with van der Waals surface area (Å²) < 4.78 is 1.03. The number of thiophene rings is 1. The molecule has 0 fully saturated rings. The van der Waals surface area contributed by atoms with Crippen LogP contribution in [0.15, 0.2) is 15.9 Å². The normalized spacial score (nSPS) is 12.5. The molecule has 0 bridgehead atoms. The molecule has 0 aliphatic rings. The van der Waals surface area contributed by atoms with Crippen LogP contribution in [0.1, 0.15) is 4.88 Å². The fourth-order valence-electron chi connectivity index (χ4n) is 1.10. The van der Waals surface area contributed by atoms with Crippen molar-refractivity contribution in [2.24, 2.45) is 5.73 Å². The number of hydrogen-bond acceptors (Lipinski definition) is 4. The van der Waals surface area contributed by atoms with Gasteiger partial charge in [-0.3, -0.25) is 4.79 Å². The fraction of sp³-hybridized carbons (Fsp3) is 0.444. The van der Waals surface area contributed by atoms with Gasteiger partial charge in [-0.1, -0.05) is 0 Å². The molecule has 0 spiro atoms. The van der Waals surface area contributed by atoms with Crippen LogP contribution in [0, 0.1) is 0 Å². The first-order chi connectivity index (χ1) is 7.04. The van der Waals surface area contributed by atoms with Crippen LogP contribution >= 0.6 is 27.3 Å². The van der Waals surface area contributed by atoms with Gasteiger partial charge in [0, 0.05) is 18.5 Å². The summed E-state index contributed by atoms with van der Waals surface area (Å²) in [6.45, 7) is 0.448. The van der Waals surface area contributed by atoms with Gasteiger partial charge in [0.2, 0.25) is 0 Å². The van der Waals surface area contributed by atoms with E-state index >= 15 is 0 Å². The van der Waals surface area contributed by atoms with Crippen LogP contribution in [-0.2, 0) is 11.3 Å². The Bertz CT molecular complexity index is 343. The lowest BCUT2D eigenvalue weighted by Gasteiger charge is -2.18. The van der Waals surface area contributed by atoms with Crippen molar-refractivity contribution in [1.82, 2.24) is 4.90 Å². The molecule has 84 valence electrons. The minimum absolute atomic E-state index is 0.0443. The van der Waals surface area contributed by atoms with Gasteiger partial charge in [-0.2, -0.15) is 0 Å². The molecule has 1 aromatic rings. The van der Waals surface area contributed by atoms with E-state index in [0.717, 1.165) is 8.66 Å². The number of nitrogens with zero attached hydrogens (tertiary/aromatic N) is 1. The molecule has 3 N–H and O–H groups in total. The molecule has 0 aliphatic carbocycles. The predicted octanol–water partition coefficient (Wildman–Crippen LogP) is 0.789. The summed E-state index contributed by atoms with van der Waals surface area (Å²) in [6, 6.07) is 3.87. The average molecular weight is 293 g/mol. The minimum Gasteiger partial charge on any atom is -0.382 e. The van der Waals surface area contributed by atoms with Crippen LogP contribution in [0.25, 0.3) is 0 Å². The Labute approximate surface area is 101 Å². The van der Waals surface area contributed by atoms with Crippen molar-refractivity contribution >= 4 is 33.2 Å². The van der Waals surface area contributed by atoms with Crippen molar-refractivity contribution in [3.05, 3.63) is 20.8 Å². The number of carbonyl (C=O) groups excluding carboxylic acids is 1. The molecule has 1 amide bonds. The summed E-state index contributed by atoms with van der Waals surface area (Å²) in [5.74, 6) is -0.345. The summed E-state index contributed by atoms with van der Waals surface area (Å²) in [7, 11) is 1.65. The lowest BCUT2D eigenvalue weighted by Crippen LogP contribution is -2.39. The first kappa shape index (κ1) is 12.6. The number of halogens is 1. The van der Waals surface area contributed by atoms with Crippen LogP contribution in [0.5, 0.6) is 0 Å². The van der Waals surface area contributed by atoms with Gasteiger partial charge >= 0.3 is 0 Å². The molecule has 1 aromatic heterocycles. The molecule has 1 rings (SSSR count). The number of aliphatic hydroxyl groups excluding tert-OH is 1. The van der Waals surface area contributed by atoms with E-state index in [2.05, 4.69) is 15.9 Å². The molecule has 1 unspecified atom stereocenters. The SMILES string of the molecule is CN(Cc1ccc(Br)s1)C(=O)C(O)CN. The third-order valence-electron chi connectivity index (χ3n) is 1.91. The van der Waals surface area contributed by atoms with Crippen LogP contribution in [0.2, 0.25) is 0 Å². The van der Waals surface area contributed by atoms with E-state index in [-0.39, 0.29) is 12.5 Å². The quantitative estimate of drug-likeness (QED) is 0.862. The first-order valence-electron chi connectivity index (χ1n) is 4.42. The summed E-state index contributed by atoms with van der Waals surface area (Å²) in [5.41, 5.74) is 5.21. The predicted molar refractivity (Wildman–Crippen MR) is 63.6 cm³/mol. The third-order valence-corrected chi connectivity index (χ3v) is 3.51. The van der Waals surface area contributed by atoms with Crippen LogP contribution in [-0.4, -0.2) is 35.6 Å². The lowest BCUT2D eigenvalue weighted by atomic mass is 10.3. The second-order valence-corrected chi connectivity index (χ2v) is 5.70. The van der Waals surface area contributed by atoms with E-state index in [1.54, 1.807) is 18.4 Å². The number of aliphatic hydroxyl groups is 1. The van der Waals surface area contributed by atoms with E-state index in [4.69, 9.17) is 5.73 Å². The topological polar surface area (TPSA) is 66.6 Å². The maximum absolute atomic E-state index is 11.5. The molecule has 0 aliphatic heterocycles. The number of rotatable bonds is 4. The first-order valence-corrected chi connectivity index (χ1v) is 6.03. The van der Waals surface area contributed by atoms with E-state index in [1.807, 2.05) is 12.1 Å². The highest BCUT2D eigenvalue weighted by atomic mass is 79.9. The maximum atomic E-state index is 11.5. The number of carbonyl (C=O) groups is 1. The van der Waals surface area contributed by atoms with E-state index in [1.165, 1.54) is 4.90 Å². The Morgan fingerprint density at radius 3 is 2.87 bits per heavy atom. The molecular formula is C9H13BrN2O2S. The second-order valence-electron chi connectivity index (χ2n) is 3.15. The molecule has 0 radical (unpaired) electrons. The summed E-state index contributed by atoms with van der Waals surface area (Å²) in [5, 5.41) is 9.26. The molecule has 0 saturated heterocycles. The zero-order valence-electron chi connectivity index (χ0n) is 8.31. The van der Waals surface area contributed by atoms with Crippen LogP contribution in [0.3, 0.4) is 0 Å². The molecule has 1 atom stereocenters. The maximum Gasteiger partial charge on any atom is 0.252 e.